The van der Waals surface area contributed by atoms with Gasteiger partial charge in [0.05, 0.1) is 16.4 Å². The number of halogens is 1. The summed E-state index contributed by atoms with van der Waals surface area (Å²) in [6.45, 7) is 1.87. The van der Waals surface area contributed by atoms with E-state index in [4.69, 9.17) is 16.3 Å². The Bertz CT molecular complexity index is 1810. The molecule has 41 heavy (non-hydrogen) atoms. The van der Waals surface area contributed by atoms with E-state index in [0.717, 1.165) is 25.9 Å². The molecule has 0 saturated carbocycles. The van der Waals surface area contributed by atoms with Gasteiger partial charge in [0.2, 0.25) is 11.8 Å². The summed E-state index contributed by atoms with van der Waals surface area (Å²) in [5, 5.41) is 8.22. The van der Waals surface area contributed by atoms with Crippen LogP contribution in [-0.2, 0) is 10.0 Å². The zero-order valence-corrected chi connectivity index (χ0v) is 23.4. The molecule has 0 amide bonds. The van der Waals surface area contributed by atoms with Crippen LogP contribution in [0.2, 0.25) is 5.02 Å². The Morgan fingerprint density at radius 3 is 2.59 bits per heavy atom. The summed E-state index contributed by atoms with van der Waals surface area (Å²) in [5.41, 5.74) is 1.39. The monoisotopic (exact) mass is 587 g/mol. The maximum atomic E-state index is 13.1. The van der Waals surface area contributed by atoms with E-state index in [-0.39, 0.29) is 21.8 Å². The molecule has 5 aromatic rings. The van der Waals surface area contributed by atoms with E-state index in [9.17, 15) is 8.42 Å². The summed E-state index contributed by atoms with van der Waals surface area (Å²) in [4.78, 5) is 18.0. The maximum Gasteiger partial charge on any atom is 0.263 e. The Kier molecular flexibility index (Phi) is 7.64. The van der Waals surface area contributed by atoms with Crippen molar-refractivity contribution in [2.75, 3.05) is 23.1 Å². The number of rotatable bonds is 8. The molecule has 1 aliphatic heterocycles. The van der Waals surface area contributed by atoms with Gasteiger partial charge in [0.1, 0.15) is 10.6 Å². The third kappa shape index (κ3) is 5.92. The Balaban J connectivity index is 1.31. The van der Waals surface area contributed by atoms with Crippen LogP contribution in [0.5, 0.6) is 11.6 Å². The first-order valence-electron chi connectivity index (χ1n) is 13.1. The van der Waals surface area contributed by atoms with Crippen molar-refractivity contribution in [3.63, 3.8) is 0 Å². The normalized spacial score (nSPS) is 15.4. The van der Waals surface area contributed by atoms with Crippen molar-refractivity contribution >= 4 is 44.0 Å². The highest BCUT2D eigenvalue weighted by Crippen LogP contribution is 2.36. The number of piperidine rings is 1. The van der Waals surface area contributed by atoms with Crippen LogP contribution in [0.15, 0.2) is 90.2 Å². The summed E-state index contributed by atoms with van der Waals surface area (Å²) >= 11 is 6.16. The number of anilines is 2. The lowest BCUT2D eigenvalue weighted by molar-refractivity contribution is 0.467. The lowest BCUT2D eigenvalue weighted by atomic mass is 10.1. The average molecular weight is 588 g/mol. The molecule has 1 fully saturated rings. The molecule has 6 rings (SSSR count). The van der Waals surface area contributed by atoms with Crippen LogP contribution in [0.1, 0.15) is 12.8 Å². The number of nitrogens with zero attached hydrogens (tertiary/aromatic N) is 4. The Morgan fingerprint density at radius 1 is 0.902 bits per heavy atom. The number of benzene rings is 3. The summed E-state index contributed by atoms with van der Waals surface area (Å²) in [6.07, 6.45) is 6.93. The summed E-state index contributed by atoms with van der Waals surface area (Å²) in [5.74, 6) is 1.24. The minimum Gasteiger partial charge on any atom is -0.436 e. The molecule has 208 valence electrons. The number of hydrogen-bond donors (Lipinski definition) is 3. The molecule has 0 unspecified atom stereocenters. The third-order valence-electron chi connectivity index (χ3n) is 6.65. The van der Waals surface area contributed by atoms with E-state index in [0.29, 0.717) is 39.5 Å². The minimum atomic E-state index is -3.93. The predicted molar refractivity (Wildman–Crippen MR) is 159 cm³/mol. The molecule has 2 aromatic heterocycles. The SMILES string of the molecule is O=S(=O)(Nc1cccc2c(Oc3nccnc3-c3ccnc(N[C@H]4CCCNC4)n3)cccc12)c1ccccc1Cl. The Morgan fingerprint density at radius 2 is 1.73 bits per heavy atom. The molecule has 3 aromatic carbocycles. The van der Waals surface area contributed by atoms with Crippen molar-refractivity contribution < 1.29 is 13.2 Å². The second-order valence-electron chi connectivity index (χ2n) is 9.46. The molecule has 0 bridgehead atoms. The van der Waals surface area contributed by atoms with Gasteiger partial charge in [-0.1, -0.05) is 48.0 Å². The zero-order chi connectivity index (χ0) is 28.2. The smallest absolute Gasteiger partial charge is 0.263 e. The van der Waals surface area contributed by atoms with Gasteiger partial charge in [-0.3, -0.25) is 4.72 Å². The molecule has 3 heterocycles. The fourth-order valence-electron chi connectivity index (χ4n) is 4.72. The molecule has 0 spiro atoms. The van der Waals surface area contributed by atoms with Crippen LogP contribution >= 0.6 is 11.6 Å². The lowest BCUT2D eigenvalue weighted by Gasteiger charge is -2.23. The van der Waals surface area contributed by atoms with Crippen LogP contribution in [-0.4, -0.2) is 47.5 Å². The first-order chi connectivity index (χ1) is 20.0. The molecule has 3 N–H and O–H groups in total. The lowest BCUT2D eigenvalue weighted by Crippen LogP contribution is -2.38. The molecule has 0 aliphatic carbocycles. The fraction of sp³-hybridized carbons (Fsp3) is 0.172. The predicted octanol–water partition coefficient (Wildman–Crippen LogP) is 5.50. The topological polar surface area (TPSA) is 131 Å². The highest BCUT2D eigenvalue weighted by Gasteiger charge is 2.20. The van der Waals surface area contributed by atoms with Gasteiger partial charge < -0.3 is 15.4 Å². The van der Waals surface area contributed by atoms with Gasteiger partial charge in [-0.15, -0.1) is 0 Å². The summed E-state index contributed by atoms with van der Waals surface area (Å²) in [6, 6.07) is 19.0. The number of aromatic nitrogens is 4. The average Bonchev–Trinajstić information content (AvgIpc) is 2.99. The van der Waals surface area contributed by atoms with Crippen molar-refractivity contribution in [2.24, 2.45) is 0 Å². The Labute approximate surface area is 242 Å². The van der Waals surface area contributed by atoms with Crippen LogP contribution in [0.4, 0.5) is 11.6 Å². The molecule has 1 atom stereocenters. The number of sulfonamides is 1. The number of hydrogen-bond acceptors (Lipinski definition) is 9. The van der Waals surface area contributed by atoms with Crippen molar-refractivity contribution in [3.8, 4) is 23.0 Å². The van der Waals surface area contributed by atoms with E-state index in [1.807, 2.05) is 12.1 Å². The third-order valence-corrected chi connectivity index (χ3v) is 8.52. The number of fused-ring (bicyclic) bond motifs is 1. The van der Waals surface area contributed by atoms with E-state index in [1.165, 1.54) is 12.1 Å². The Hall–Kier alpha value is -4.32. The molecule has 10 nitrogen and oxygen atoms in total. The first kappa shape index (κ1) is 26.9. The van der Waals surface area contributed by atoms with E-state index in [2.05, 4.69) is 35.3 Å². The van der Waals surface area contributed by atoms with Gasteiger partial charge in [-0.25, -0.2) is 28.4 Å². The van der Waals surface area contributed by atoms with Gasteiger partial charge in [0.25, 0.3) is 10.0 Å². The van der Waals surface area contributed by atoms with Crippen LogP contribution in [0.25, 0.3) is 22.2 Å². The summed E-state index contributed by atoms with van der Waals surface area (Å²) in [7, 11) is -3.93. The van der Waals surface area contributed by atoms with Gasteiger partial charge in [-0.05, 0) is 49.7 Å². The van der Waals surface area contributed by atoms with Gasteiger partial charge in [-0.2, -0.15) is 0 Å². The van der Waals surface area contributed by atoms with Gasteiger partial charge in [0.15, 0.2) is 5.69 Å². The highest BCUT2D eigenvalue weighted by molar-refractivity contribution is 7.92. The zero-order valence-electron chi connectivity index (χ0n) is 21.8. The highest BCUT2D eigenvalue weighted by atomic mass is 35.5. The minimum absolute atomic E-state index is 0.00580. The van der Waals surface area contributed by atoms with Crippen molar-refractivity contribution in [3.05, 3.63) is 90.3 Å². The van der Waals surface area contributed by atoms with Crippen LogP contribution in [0, 0.1) is 0 Å². The van der Waals surface area contributed by atoms with Gasteiger partial charge >= 0.3 is 0 Å². The van der Waals surface area contributed by atoms with Crippen molar-refractivity contribution in [1.82, 2.24) is 25.3 Å². The molecule has 0 radical (unpaired) electrons. The van der Waals surface area contributed by atoms with Crippen molar-refractivity contribution in [1.29, 1.82) is 0 Å². The largest absolute Gasteiger partial charge is 0.436 e. The molecule has 1 aliphatic rings. The standard InChI is InChI=1S/C29H26ClN7O3S/c30-22-9-1-2-12-26(22)41(38,39)37-23-10-3-8-21-20(23)7-4-11-25(21)40-28-27(32-16-17-33-28)24-13-15-34-29(36-24)35-19-6-5-14-31-18-19/h1-4,7-13,15-17,19,31,37H,5-6,14,18H2,(H,34,35,36)/t19-/m0/s1. The van der Waals surface area contributed by atoms with E-state index < -0.39 is 10.0 Å². The molecule has 1 saturated heterocycles. The fourth-order valence-corrected chi connectivity index (χ4v) is 6.32. The first-order valence-corrected chi connectivity index (χ1v) is 14.9. The number of nitrogens with one attached hydrogen (secondary N) is 3. The molecule has 12 heteroatoms. The second kappa shape index (κ2) is 11.7. The quantitative estimate of drug-likeness (QED) is 0.215. The second-order valence-corrected chi connectivity index (χ2v) is 11.5. The summed E-state index contributed by atoms with van der Waals surface area (Å²) < 4.78 is 35.2. The van der Waals surface area contributed by atoms with Gasteiger partial charge in [0, 0.05) is 41.9 Å². The van der Waals surface area contributed by atoms with Crippen molar-refractivity contribution in [2.45, 2.75) is 23.8 Å². The van der Waals surface area contributed by atoms with Crippen LogP contribution in [0.3, 0.4) is 0 Å². The molecular formula is C29H26ClN7O3S. The van der Waals surface area contributed by atoms with E-state index in [1.54, 1.807) is 61.1 Å². The van der Waals surface area contributed by atoms with E-state index >= 15 is 0 Å². The number of ether oxygens (including phenoxy) is 1. The maximum absolute atomic E-state index is 13.1. The van der Waals surface area contributed by atoms with Crippen LogP contribution < -0.4 is 20.1 Å². The molecular weight excluding hydrogens is 562 g/mol.